The molecule has 1 aromatic rings. The molecule has 7 heteroatoms. The number of hydrogen-bond donors (Lipinski definition) is 2. The number of ether oxygens (including phenoxy) is 1. The normalized spacial score (nSPS) is 23.4. The molecule has 1 fully saturated rings. The Bertz CT molecular complexity index is 553. The molecule has 0 aliphatic heterocycles. The maximum Gasteiger partial charge on any atom is 0.244 e. The molecular weight excluding hydrogens is 280 g/mol. The molecule has 1 aliphatic carbocycles. The Balaban J connectivity index is 2.17. The molecule has 0 bridgehead atoms. The summed E-state index contributed by atoms with van der Waals surface area (Å²) in [5.41, 5.74) is 0. The highest BCUT2D eigenvalue weighted by Gasteiger charge is 2.32. The Morgan fingerprint density at radius 2 is 2.20 bits per heavy atom. The smallest absolute Gasteiger partial charge is 0.244 e. The van der Waals surface area contributed by atoms with Gasteiger partial charge in [-0.05, 0) is 33.2 Å². The van der Waals surface area contributed by atoms with Gasteiger partial charge in [-0.15, -0.1) is 0 Å². The van der Waals surface area contributed by atoms with E-state index in [4.69, 9.17) is 9.15 Å². The van der Waals surface area contributed by atoms with Crippen molar-refractivity contribution in [2.24, 2.45) is 0 Å². The third kappa shape index (κ3) is 3.22. The summed E-state index contributed by atoms with van der Waals surface area (Å²) in [5.74, 6) is 1.02. The predicted octanol–water partition coefficient (Wildman–Crippen LogP) is 1.15. The zero-order chi connectivity index (χ0) is 14.8. The lowest BCUT2D eigenvalue weighted by molar-refractivity contribution is 0.0916. The van der Waals surface area contributed by atoms with Gasteiger partial charge < -0.3 is 14.5 Å². The summed E-state index contributed by atoms with van der Waals surface area (Å²) >= 11 is 0. The lowest BCUT2D eigenvalue weighted by Crippen LogP contribution is -2.40. The van der Waals surface area contributed by atoms with E-state index in [0.29, 0.717) is 18.1 Å². The summed E-state index contributed by atoms with van der Waals surface area (Å²) in [7, 11) is -0.166. The molecule has 1 saturated carbocycles. The Morgan fingerprint density at radius 3 is 2.85 bits per heavy atom. The lowest BCUT2D eigenvalue weighted by atomic mass is 10.2. The number of nitrogens with one attached hydrogen (secondary N) is 2. The zero-order valence-electron chi connectivity index (χ0n) is 12.1. The first kappa shape index (κ1) is 15.5. The van der Waals surface area contributed by atoms with Crippen LogP contribution < -0.4 is 10.0 Å². The van der Waals surface area contributed by atoms with Crippen molar-refractivity contribution in [2.45, 2.75) is 49.8 Å². The van der Waals surface area contributed by atoms with Crippen LogP contribution in [0.25, 0.3) is 0 Å². The van der Waals surface area contributed by atoms with Crippen LogP contribution in [0, 0.1) is 6.92 Å². The quantitative estimate of drug-likeness (QED) is 0.824. The fourth-order valence-electron chi connectivity index (χ4n) is 2.66. The van der Waals surface area contributed by atoms with Crippen molar-refractivity contribution in [3.8, 4) is 0 Å². The van der Waals surface area contributed by atoms with Crippen LogP contribution in [-0.2, 0) is 21.3 Å². The minimum absolute atomic E-state index is 0.0474. The van der Waals surface area contributed by atoms with Gasteiger partial charge >= 0.3 is 0 Å². The molecule has 1 aliphatic rings. The monoisotopic (exact) mass is 302 g/mol. The summed E-state index contributed by atoms with van der Waals surface area (Å²) in [5, 5.41) is 2.94. The zero-order valence-corrected chi connectivity index (χ0v) is 12.9. The summed E-state index contributed by atoms with van der Waals surface area (Å²) in [4.78, 5) is 0.213. The van der Waals surface area contributed by atoms with Crippen molar-refractivity contribution in [2.75, 3.05) is 14.2 Å². The Hall–Kier alpha value is -0.890. The molecule has 0 aromatic carbocycles. The number of methoxy groups -OCH3 is 1. The number of furan rings is 1. The first-order chi connectivity index (χ1) is 9.47. The molecule has 20 heavy (non-hydrogen) atoms. The lowest BCUT2D eigenvalue weighted by Gasteiger charge is -2.19. The van der Waals surface area contributed by atoms with Crippen molar-refractivity contribution in [3.63, 3.8) is 0 Å². The number of aryl methyl sites for hydroxylation is 1. The van der Waals surface area contributed by atoms with Crippen molar-refractivity contribution in [3.05, 3.63) is 17.6 Å². The predicted molar refractivity (Wildman–Crippen MR) is 75.0 cm³/mol. The average Bonchev–Trinajstić information content (AvgIpc) is 2.96. The average molecular weight is 302 g/mol. The minimum Gasteiger partial charge on any atom is -0.464 e. The molecule has 2 atom stereocenters. The maximum atomic E-state index is 12.4. The molecule has 2 rings (SSSR count). The van der Waals surface area contributed by atoms with Gasteiger partial charge in [0.2, 0.25) is 10.0 Å². The summed E-state index contributed by atoms with van der Waals surface area (Å²) in [6.45, 7) is 2.16. The van der Waals surface area contributed by atoms with Crippen molar-refractivity contribution < 1.29 is 17.6 Å². The van der Waals surface area contributed by atoms with Crippen LogP contribution in [0.2, 0.25) is 0 Å². The second kappa shape index (κ2) is 6.26. The fourth-order valence-corrected chi connectivity index (χ4v) is 4.16. The van der Waals surface area contributed by atoms with Crippen molar-refractivity contribution in [1.29, 1.82) is 0 Å². The van der Waals surface area contributed by atoms with Crippen LogP contribution in [-0.4, -0.2) is 34.7 Å². The SMILES string of the molecule is CNCc1cc(S(=O)(=O)NC2CCCC2OC)c(C)o1. The minimum atomic E-state index is -3.57. The van der Waals surface area contributed by atoms with E-state index in [9.17, 15) is 8.42 Å². The topological polar surface area (TPSA) is 80.6 Å². The highest BCUT2D eigenvalue weighted by Crippen LogP contribution is 2.25. The third-order valence-electron chi connectivity index (χ3n) is 3.63. The molecule has 1 aromatic heterocycles. The largest absolute Gasteiger partial charge is 0.464 e. The molecular formula is C13H22N2O4S. The van der Waals surface area contributed by atoms with Gasteiger partial charge in [0.1, 0.15) is 16.4 Å². The maximum absolute atomic E-state index is 12.4. The number of hydrogen-bond acceptors (Lipinski definition) is 5. The van der Waals surface area contributed by atoms with Crippen LogP contribution in [0.1, 0.15) is 30.8 Å². The third-order valence-corrected chi connectivity index (χ3v) is 5.22. The van der Waals surface area contributed by atoms with Gasteiger partial charge in [-0.1, -0.05) is 0 Å². The van der Waals surface area contributed by atoms with Gasteiger partial charge in [0.15, 0.2) is 0 Å². The van der Waals surface area contributed by atoms with Crippen LogP contribution in [0.4, 0.5) is 0 Å². The van der Waals surface area contributed by atoms with E-state index in [0.717, 1.165) is 19.3 Å². The first-order valence-corrected chi connectivity index (χ1v) is 8.25. The fraction of sp³-hybridized carbons (Fsp3) is 0.692. The van der Waals surface area contributed by atoms with E-state index in [1.165, 1.54) is 0 Å². The van der Waals surface area contributed by atoms with Crippen molar-refractivity contribution >= 4 is 10.0 Å². The van der Waals surface area contributed by atoms with Gasteiger partial charge in [0.25, 0.3) is 0 Å². The van der Waals surface area contributed by atoms with Crippen LogP contribution >= 0.6 is 0 Å². The summed E-state index contributed by atoms with van der Waals surface area (Å²) < 4.78 is 38.4. The van der Waals surface area contributed by atoms with Gasteiger partial charge in [0, 0.05) is 19.2 Å². The Morgan fingerprint density at radius 1 is 1.45 bits per heavy atom. The van der Waals surface area contributed by atoms with E-state index in [1.54, 1.807) is 27.1 Å². The van der Waals surface area contributed by atoms with E-state index in [1.807, 2.05) is 0 Å². The standard InChI is InChI=1S/C13H22N2O4S/c1-9-13(7-10(19-9)8-14-2)20(16,17)15-11-5-4-6-12(11)18-3/h7,11-12,14-15H,4-6,8H2,1-3H3. The van der Waals surface area contributed by atoms with Crippen LogP contribution in [0.15, 0.2) is 15.4 Å². The molecule has 0 spiro atoms. The van der Waals surface area contributed by atoms with Crippen LogP contribution in [0.3, 0.4) is 0 Å². The van der Waals surface area contributed by atoms with Gasteiger partial charge in [-0.2, -0.15) is 0 Å². The van der Waals surface area contributed by atoms with Gasteiger partial charge in [-0.3, -0.25) is 0 Å². The number of sulfonamides is 1. The van der Waals surface area contributed by atoms with E-state index in [-0.39, 0.29) is 17.0 Å². The highest BCUT2D eigenvalue weighted by molar-refractivity contribution is 7.89. The number of rotatable bonds is 6. The van der Waals surface area contributed by atoms with Crippen molar-refractivity contribution in [1.82, 2.24) is 10.0 Å². The highest BCUT2D eigenvalue weighted by atomic mass is 32.2. The second-order valence-corrected chi connectivity index (χ2v) is 6.78. The molecule has 2 unspecified atom stereocenters. The molecule has 2 N–H and O–H groups in total. The Labute approximate surface area is 119 Å². The molecule has 114 valence electrons. The first-order valence-electron chi connectivity index (χ1n) is 6.77. The molecule has 1 heterocycles. The van der Waals surface area contributed by atoms with Gasteiger partial charge in [0.05, 0.1) is 12.6 Å². The van der Waals surface area contributed by atoms with E-state index < -0.39 is 10.0 Å². The molecule has 0 amide bonds. The molecule has 0 saturated heterocycles. The molecule has 0 radical (unpaired) electrons. The molecule has 6 nitrogen and oxygen atoms in total. The van der Waals surface area contributed by atoms with Gasteiger partial charge in [-0.25, -0.2) is 13.1 Å². The van der Waals surface area contributed by atoms with Crippen LogP contribution in [0.5, 0.6) is 0 Å². The van der Waals surface area contributed by atoms with E-state index >= 15 is 0 Å². The van der Waals surface area contributed by atoms with E-state index in [2.05, 4.69) is 10.0 Å². The Kier molecular flexibility index (Phi) is 4.85. The second-order valence-electron chi connectivity index (χ2n) is 5.10. The summed E-state index contributed by atoms with van der Waals surface area (Å²) in [6.07, 6.45) is 2.62. The summed E-state index contributed by atoms with van der Waals surface area (Å²) in [6, 6.07) is 1.41.